The summed E-state index contributed by atoms with van der Waals surface area (Å²) in [4.78, 5) is 3.78. The molecule has 1 aromatic rings. The molecule has 0 fully saturated rings. The van der Waals surface area contributed by atoms with E-state index in [2.05, 4.69) is 4.98 Å². The number of rotatable bonds is 0. The van der Waals surface area contributed by atoms with Crippen LogP contribution in [0.15, 0.2) is 6.20 Å². The van der Waals surface area contributed by atoms with Gasteiger partial charge in [0.25, 0.3) is 0 Å². The lowest BCUT2D eigenvalue weighted by molar-refractivity contribution is 0.667. The Morgan fingerprint density at radius 1 is 1.50 bits per heavy atom. The van der Waals surface area contributed by atoms with Crippen molar-refractivity contribution >= 4 is 34.2 Å². The fourth-order valence-electron chi connectivity index (χ4n) is 0.859. The lowest BCUT2D eigenvalue weighted by Gasteiger charge is -2.16. The molecule has 1 nitrogen and oxygen atoms in total. The van der Waals surface area contributed by atoms with E-state index in [1.54, 1.807) is 22.6 Å². The predicted octanol–water partition coefficient (Wildman–Crippen LogP) is 3.22. The zero-order valence-electron chi connectivity index (χ0n) is 13.8. The number of hydrogen-bond acceptors (Lipinski definition) is 1. The van der Waals surface area contributed by atoms with Crippen LogP contribution in [-0.2, 0) is 12.7 Å². The van der Waals surface area contributed by atoms with Gasteiger partial charge in [0.2, 0.25) is 0 Å². The van der Waals surface area contributed by atoms with E-state index >= 15 is 0 Å². The molecule has 0 bridgehead atoms. The fraction of sp³-hybridized carbons (Fsp3) is 0.444. The maximum absolute atomic E-state index is 7.94. The summed E-state index contributed by atoms with van der Waals surface area (Å²) in [5.41, 5.74) is -0.913. The van der Waals surface area contributed by atoms with E-state index in [0.717, 1.165) is 0 Å². The first-order valence-corrected chi connectivity index (χ1v) is 4.61. The molecule has 1 aliphatic carbocycles. The van der Waals surface area contributed by atoms with Crippen LogP contribution in [0.1, 0.15) is 35.0 Å². The van der Waals surface area contributed by atoms with Gasteiger partial charge < -0.3 is 0 Å². The van der Waals surface area contributed by atoms with Crippen LogP contribution in [-0.4, -0.2) is 4.98 Å². The lowest BCUT2D eigenvalue weighted by Crippen LogP contribution is -2.06. The first-order chi connectivity index (χ1) is 8.80. The van der Waals surface area contributed by atoms with Crippen LogP contribution in [0.5, 0.6) is 0 Å². The van der Waals surface area contributed by atoms with Gasteiger partial charge in [-0.25, -0.2) is 0 Å². The molecule has 0 aliphatic heterocycles. The summed E-state index contributed by atoms with van der Waals surface area (Å²) in [5.74, 6) is 0. The van der Waals surface area contributed by atoms with Crippen LogP contribution < -0.4 is 0 Å². The van der Waals surface area contributed by atoms with E-state index in [9.17, 15) is 0 Å². The van der Waals surface area contributed by atoms with Gasteiger partial charge in [-0.05, 0) is 53.6 Å². The van der Waals surface area contributed by atoms with Crippen molar-refractivity contribution in [2.45, 2.75) is 25.5 Å². The van der Waals surface area contributed by atoms with Crippen molar-refractivity contribution in [3.63, 3.8) is 0 Å². The number of nitrogens with zero attached hydrogens (tertiary/aromatic N) is 1. The molecule has 2 rings (SSSR count). The van der Waals surface area contributed by atoms with Crippen LogP contribution in [0.4, 0.5) is 0 Å². The number of fused-ring (bicyclic) bond motifs is 1. The Bertz CT molecular complexity index is 588. The van der Waals surface area contributed by atoms with E-state index in [1.165, 1.54) is 6.20 Å². The summed E-state index contributed by atoms with van der Waals surface area (Å²) in [6.07, 6.45) is -10.6. The minimum atomic E-state index is -3.10. The third-order valence-corrected chi connectivity index (χ3v) is 2.93. The molecule has 0 radical (unpaired) electrons. The number of aryl methyl sites for hydroxylation is 1. The standard InChI is InChI=1S/C9H9ClIN/c10-9-6-3-1-2-4-8(6)12-5-7(9)11/h5H,1-4H2/i1D2,2D2,3D2,4D2. The zero-order chi connectivity index (χ0) is 15.7. The maximum atomic E-state index is 7.94. The molecule has 0 saturated carbocycles. The first kappa shape index (κ1) is 3.39. The third kappa shape index (κ3) is 1.46. The van der Waals surface area contributed by atoms with Crippen LogP contribution in [0, 0.1) is 3.57 Å². The molecular formula is C9H9ClIN. The highest BCUT2D eigenvalue weighted by Crippen LogP contribution is 2.29. The van der Waals surface area contributed by atoms with Crippen molar-refractivity contribution in [2.75, 3.05) is 0 Å². The van der Waals surface area contributed by atoms with Crippen molar-refractivity contribution < 1.29 is 11.0 Å². The molecule has 0 saturated heterocycles. The van der Waals surface area contributed by atoms with Gasteiger partial charge in [0, 0.05) is 22.9 Å². The van der Waals surface area contributed by atoms with E-state index in [4.69, 9.17) is 22.6 Å². The van der Waals surface area contributed by atoms with Crippen molar-refractivity contribution in [3.8, 4) is 0 Å². The molecule has 1 aromatic heterocycles. The molecule has 3 heteroatoms. The summed E-state index contributed by atoms with van der Waals surface area (Å²) in [6.45, 7) is 0. The van der Waals surface area contributed by atoms with Crippen molar-refractivity contribution in [3.05, 3.63) is 26.0 Å². The molecule has 1 heterocycles. The minimum Gasteiger partial charge on any atom is -0.260 e. The summed E-state index contributed by atoms with van der Waals surface area (Å²) < 4.78 is 63.0. The number of halogens is 2. The number of aromatic nitrogens is 1. The fourth-order valence-corrected chi connectivity index (χ4v) is 1.45. The topological polar surface area (TPSA) is 12.9 Å². The molecule has 0 amide bonds. The number of hydrogen-bond donors (Lipinski definition) is 0. The zero-order valence-corrected chi connectivity index (χ0v) is 8.69. The average Bonchev–Trinajstić information content (AvgIpc) is 2.29. The largest absolute Gasteiger partial charge is 0.260 e. The highest BCUT2D eigenvalue weighted by Gasteiger charge is 2.14. The second kappa shape index (κ2) is 3.50. The van der Waals surface area contributed by atoms with Gasteiger partial charge in [0.05, 0.1) is 8.59 Å². The summed E-state index contributed by atoms with van der Waals surface area (Å²) in [6, 6.07) is 0. The van der Waals surface area contributed by atoms with E-state index < -0.39 is 36.7 Å². The SMILES string of the molecule is [2H]C1([2H])c2ncc(I)c(Cl)c2C([2H])([2H])C([2H])([2H])C1([2H])[2H]. The van der Waals surface area contributed by atoms with Gasteiger partial charge in [0.1, 0.15) is 0 Å². The van der Waals surface area contributed by atoms with Gasteiger partial charge in [-0.2, -0.15) is 0 Å². The highest BCUT2D eigenvalue weighted by atomic mass is 127. The Kier molecular flexibility index (Phi) is 0.988. The van der Waals surface area contributed by atoms with Gasteiger partial charge in [0.15, 0.2) is 0 Å². The Labute approximate surface area is 102 Å². The normalized spacial score (nSPS) is 42.5. The molecule has 0 unspecified atom stereocenters. The van der Waals surface area contributed by atoms with E-state index in [0.29, 0.717) is 3.57 Å². The van der Waals surface area contributed by atoms with Crippen LogP contribution in [0.2, 0.25) is 5.02 Å². The monoisotopic (exact) mass is 301 g/mol. The van der Waals surface area contributed by atoms with Gasteiger partial charge in [-0.1, -0.05) is 11.6 Å². The molecular weight excluding hydrogens is 284 g/mol. The quantitative estimate of drug-likeness (QED) is 0.671. The predicted molar refractivity (Wildman–Crippen MR) is 58.6 cm³/mol. The van der Waals surface area contributed by atoms with Gasteiger partial charge in [-0.3, -0.25) is 4.98 Å². The summed E-state index contributed by atoms with van der Waals surface area (Å²) in [5, 5.41) is -0.135. The van der Waals surface area contributed by atoms with Gasteiger partial charge >= 0.3 is 0 Å². The number of pyridine rings is 1. The smallest absolute Gasteiger partial charge is 0.0605 e. The molecule has 0 atom stereocenters. The van der Waals surface area contributed by atoms with Crippen molar-refractivity contribution in [1.29, 1.82) is 0 Å². The molecule has 0 spiro atoms. The Morgan fingerprint density at radius 3 is 3.08 bits per heavy atom. The average molecular weight is 302 g/mol. The highest BCUT2D eigenvalue weighted by molar-refractivity contribution is 14.1. The Balaban J connectivity index is 2.97. The third-order valence-electron chi connectivity index (χ3n) is 1.40. The Hall–Kier alpha value is 0.170. The minimum absolute atomic E-state index is 0.135. The van der Waals surface area contributed by atoms with Crippen LogP contribution >= 0.6 is 34.2 Å². The maximum Gasteiger partial charge on any atom is 0.0605 e. The molecule has 12 heavy (non-hydrogen) atoms. The van der Waals surface area contributed by atoms with E-state index in [1.807, 2.05) is 0 Å². The molecule has 0 N–H and O–H groups in total. The molecule has 0 aromatic carbocycles. The molecule has 1 aliphatic rings. The van der Waals surface area contributed by atoms with Gasteiger partial charge in [-0.15, -0.1) is 0 Å². The van der Waals surface area contributed by atoms with E-state index in [-0.39, 0.29) is 5.02 Å². The van der Waals surface area contributed by atoms with Crippen molar-refractivity contribution in [2.24, 2.45) is 0 Å². The Morgan fingerprint density at radius 2 is 2.25 bits per heavy atom. The summed E-state index contributed by atoms with van der Waals surface area (Å²) >= 11 is 7.78. The van der Waals surface area contributed by atoms with Crippen LogP contribution in [0.25, 0.3) is 0 Å². The molecule has 64 valence electrons. The second-order valence-electron chi connectivity index (χ2n) is 2.14. The van der Waals surface area contributed by atoms with Crippen molar-refractivity contribution in [1.82, 2.24) is 4.98 Å². The van der Waals surface area contributed by atoms with Crippen LogP contribution in [0.3, 0.4) is 0 Å². The first-order valence-electron chi connectivity index (χ1n) is 7.15. The summed E-state index contributed by atoms with van der Waals surface area (Å²) in [7, 11) is 0. The second-order valence-corrected chi connectivity index (χ2v) is 3.68. The lowest BCUT2D eigenvalue weighted by atomic mass is 9.96.